The fourth-order valence-electron chi connectivity index (χ4n) is 0.977. The highest BCUT2D eigenvalue weighted by atomic mass is 16.7. The zero-order valence-electron chi connectivity index (χ0n) is 6.11. The standard InChI is InChI=1S/C6H12O4/c1-8-4-3-10-6(9-2)5(4)7/h4-7H,3H2,1-2H3/t4-,5+,6+/m1/s1. The lowest BCUT2D eigenvalue weighted by Crippen LogP contribution is -2.32. The molecule has 10 heavy (non-hydrogen) atoms. The van der Waals surface area contributed by atoms with Gasteiger partial charge in [0.15, 0.2) is 6.29 Å². The molecule has 1 N–H and O–H groups in total. The third-order valence-electron chi connectivity index (χ3n) is 1.62. The van der Waals surface area contributed by atoms with E-state index in [1.807, 2.05) is 0 Å². The summed E-state index contributed by atoms with van der Waals surface area (Å²) in [5, 5.41) is 9.27. The van der Waals surface area contributed by atoms with Gasteiger partial charge in [-0.1, -0.05) is 0 Å². The molecule has 1 aliphatic rings. The SMILES string of the molecule is CO[C@H]1OC[C@@H](OC)[C@@H]1O. The minimum Gasteiger partial charge on any atom is -0.385 e. The van der Waals surface area contributed by atoms with Gasteiger partial charge in [-0.15, -0.1) is 0 Å². The largest absolute Gasteiger partial charge is 0.385 e. The second kappa shape index (κ2) is 3.30. The lowest BCUT2D eigenvalue weighted by atomic mass is 10.2. The van der Waals surface area contributed by atoms with Gasteiger partial charge in [-0.3, -0.25) is 0 Å². The molecule has 0 aliphatic carbocycles. The number of methoxy groups -OCH3 is 2. The first kappa shape index (κ1) is 7.94. The first-order valence-corrected chi connectivity index (χ1v) is 3.15. The molecule has 0 aromatic heterocycles. The third kappa shape index (κ3) is 1.29. The monoisotopic (exact) mass is 148 g/mol. The van der Waals surface area contributed by atoms with Gasteiger partial charge in [0.1, 0.15) is 12.2 Å². The van der Waals surface area contributed by atoms with E-state index < -0.39 is 12.4 Å². The van der Waals surface area contributed by atoms with Gasteiger partial charge >= 0.3 is 0 Å². The Hall–Kier alpha value is -0.160. The first-order valence-electron chi connectivity index (χ1n) is 3.15. The van der Waals surface area contributed by atoms with E-state index in [0.29, 0.717) is 6.61 Å². The fourth-order valence-corrected chi connectivity index (χ4v) is 0.977. The van der Waals surface area contributed by atoms with Crippen LogP contribution in [0.25, 0.3) is 0 Å². The summed E-state index contributed by atoms with van der Waals surface area (Å²) in [5.41, 5.74) is 0. The van der Waals surface area contributed by atoms with E-state index in [1.165, 1.54) is 14.2 Å². The Morgan fingerprint density at radius 2 is 2.10 bits per heavy atom. The maximum atomic E-state index is 9.27. The summed E-state index contributed by atoms with van der Waals surface area (Å²) in [4.78, 5) is 0. The normalized spacial score (nSPS) is 40.5. The van der Waals surface area contributed by atoms with Crippen LogP contribution in [0.2, 0.25) is 0 Å². The van der Waals surface area contributed by atoms with Crippen molar-refractivity contribution in [3.8, 4) is 0 Å². The fraction of sp³-hybridized carbons (Fsp3) is 1.00. The molecule has 4 heteroatoms. The van der Waals surface area contributed by atoms with E-state index in [0.717, 1.165) is 0 Å². The highest BCUT2D eigenvalue weighted by Crippen LogP contribution is 2.16. The quantitative estimate of drug-likeness (QED) is 0.566. The number of ether oxygens (including phenoxy) is 3. The minimum atomic E-state index is -0.657. The van der Waals surface area contributed by atoms with Crippen molar-refractivity contribution in [2.24, 2.45) is 0 Å². The van der Waals surface area contributed by atoms with Crippen molar-refractivity contribution in [2.75, 3.05) is 20.8 Å². The van der Waals surface area contributed by atoms with Crippen LogP contribution in [-0.2, 0) is 14.2 Å². The van der Waals surface area contributed by atoms with Crippen LogP contribution >= 0.6 is 0 Å². The average Bonchev–Trinajstić information content (AvgIpc) is 2.30. The molecule has 3 atom stereocenters. The van der Waals surface area contributed by atoms with Gasteiger partial charge in [-0.2, -0.15) is 0 Å². The second-order valence-electron chi connectivity index (χ2n) is 2.20. The molecule has 1 fully saturated rings. The Bertz CT molecular complexity index is 93.9. The summed E-state index contributed by atoms with van der Waals surface area (Å²) < 4.78 is 14.7. The molecule has 0 unspecified atom stereocenters. The molecule has 1 saturated heterocycles. The smallest absolute Gasteiger partial charge is 0.185 e. The maximum Gasteiger partial charge on any atom is 0.185 e. The van der Waals surface area contributed by atoms with Crippen LogP contribution in [0.3, 0.4) is 0 Å². The summed E-state index contributed by atoms with van der Waals surface area (Å²) in [7, 11) is 3.03. The van der Waals surface area contributed by atoms with Gasteiger partial charge in [0.2, 0.25) is 0 Å². The van der Waals surface area contributed by atoms with Crippen LogP contribution in [0.15, 0.2) is 0 Å². The highest BCUT2D eigenvalue weighted by molar-refractivity contribution is 4.78. The summed E-state index contributed by atoms with van der Waals surface area (Å²) >= 11 is 0. The molecule has 0 radical (unpaired) electrons. The molecule has 4 nitrogen and oxygen atoms in total. The van der Waals surface area contributed by atoms with Crippen molar-refractivity contribution >= 4 is 0 Å². The highest BCUT2D eigenvalue weighted by Gasteiger charge is 2.35. The number of hydrogen-bond donors (Lipinski definition) is 1. The topological polar surface area (TPSA) is 47.9 Å². The summed E-state index contributed by atoms with van der Waals surface area (Å²) in [6, 6.07) is 0. The van der Waals surface area contributed by atoms with Crippen molar-refractivity contribution < 1.29 is 19.3 Å². The van der Waals surface area contributed by atoms with Crippen molar-refractivity contribution in [3.05, 3.63) is 0 Å². The molecule has 0 spiro atoms. The maximum absolute atomic E-state index is 9.27. The van der Waals surface area contributed by atoms with Crippen LogP contribution in [0.1, 0.15) is 0 Å². The Balaban J connectivity index is 2.41. The Morgan fingerprint density at radius 1 is 1.40 bits per heavy atom. The van der Waals surface area contributed by atoms with E-state index in [1.54, 1.807) is 0 Å². The predicted octanol–water partition coefficient (Wildman–Crippen LogP) is -0.635. The van der Waals surface area contributed by atoms with Crippen LogP contribution in [-0.4, -0.2) is 44.4 Å². The Kier molecular flexibility index (Phi) is 2.62. The minimum absolute atomic E-state index is 0.245. The number of rotatable bonds is 2. The number of hydrogen-bond acceptors (Lipinski definition) is 4. The lowest BCUT2D eigenvalue weighted by molar-refractivity contribution is -0.135. The molecule has 1 aliphatic heterocycles. The molecule has 0 aromatic rings. The van der Waals surface area contributed by atoms with Gasteiger partial charge in [-0.25, -0.2) is 0 Å². The second-order valence-corrected chi connectivity index (χ2v) is 2.20. The van der Waals surface area contributed by atoms with Crippen LogP contribution in [0, 0.1) is 0 Å². The number of aliphatic hydroxyl groups excluding tert-OH is 1. The lowest BCUT2D eigenvalue weighted by Gasteiger charge is -2.13. The van der Waals surface area contributed by atoms with Crippen molar-refractivity contribution in [3.63, 3.8) is 0 Å². The Morgan fingerprint density at radius 3 is 2.40 bits per heavy atom. The molecule has 1 rings (SSSR count). The molecule has 0 aromatic carbocycles. The van der Waals surface area contributed by atoms with Gasteiger partial charge < -0.3 is 19.3 Å². The van der Waals surface area contributed by atoms with E-state index in [4.69, 9.17) is 14.2 Å². The molecule has 60 valence electrons. The Labute approximate surface area is 59.7 Å². The third-order valence-corrected chi connectivity index (χ3v) is 1.62. The molecular weight excluding hydrogens is 136 g/mol. The average molecular weight is 148 g/mol. The van der Waals surface area contributed by atoms with Gasteiger partial charge in [-0.05, 0) is 0 Å². The number of aliphatic hydroxyl groups is 1. The van der Waals surface area contributed by atoms with E-state index >= 15 is 0 Å². The van der Waals surface area contributed by atoms with Crippen LogP contribution < -0.4 is 0 Å². The molecule has 1 heterocycles. The molecular formula is C6H12O4. The van der Waals surface area contributed by atoms with Crippen molar-refractivity contribution in [1.29, 1.82) is 0 Å². The molecule has 0 bridgehead atoms. The van der Waals surface area contributed by atoms with Crippen LogP contribution in [0.4, 0.5) is 0 Å². The van der Waals surface area contributed by atoms with E-state index in [2.05, 4.69) is 0 Å². The van der Waals surface area contributed by atoms with E-state index in [9.17, 15) is 5.11 Å². The van der Waals surface area contributed by atoms with Crippen LogP contribution in [0.5, 0.6) is 0 Å². The van der Waals surface area contributed by atoms with Gasteiger partial charge in [0, 0.05) is 14.2 Å². The van der Waals surface area contributed by atoms with Crippen molar-refractivity contribution in [2.45, 2.75) is 18.5 Å². The van der Waals surface area contributed by atoms with Crippen molar-refractivity contribution in [1.82, 2.24) is 0 Å². The zero-order chi connectivity index (χ0) is 7.56. The van der Waals surface area contributed by atoms with Gasteiger partial charge in [0.25, 0.3) is 0 Å². The summed E-state index contributed by atoms with van der Waals surface area (Å²) in [6.45, 7) is 0.399. The first-order chi connectivity index (χ1) is 4.79. The molecule has 0 saturated carbocycles. The summed E-state index contributed by atoms with van der Waals surface area (Å²) in [5.74, 6) is 0. The summed E-state index contributed by atoms with van der Waals surface area (Å²) in [6.07, 6.45) is -1.43. The molecule has 0 amide bonds. The van der Waals surface area contributed by atoms with Gasteiger partial charge in [0.05, 0.1) is 6.61 Å². The zero-order valence-corrected chi connectivity index (χ0v) is 6.11. The predicted molar refractivity (Wildman–Crippen MR) is 33.6 cm³/mol. The van der Waals surface area contributed by atoms with E-state index in [-0.39, 0.29) is 6.10 Å².